The number of nitrogens with one attached hydrogen (secondary N) is 1. The number of aliphatic hydroxyl groups excluding tert-OH is 1. The Morgan fingerprint density at radius 1 is 1.15 bits per heavy atom. The second-order valence-corrected chi connectivity index (χ2v) is 3.62. The maximum Gasteiger partial charge on any atom is 0.146 e. The maximum absolute atomic E-state index is 11.0. The molecule has 13 heavy (non-hydrogen) atoms. The lowest BCUT2D eigenvalue weighted by Gasteiger charge is -2.31. The van der Waals surface area contributed by atoms with Crippen LogP contribution in [0.15, 0.2) is 0 Å². The fourth-order valence-corrected chi connectivity index (χ4v) is 1.59. The molecule has 2 atom stereocenters. The third-order valence-electron chi connectivity index (χ3n) is 2.40. The summed E-state index contributed by atoms with van der Waals surface area (Å²) in [4.78, 5) is 22.1. The Kier molecular flexibility index (Phi) is 3.17. The summed E-state index contributed by atoms with van der Waals surface area (Å²) >= 11 is 0. The summed E-state index contributed by atoms with van der Waals surface area (Å²) in [5.41, 5.74) is 0. The van der Waals surface area contributed by atoms with Gasteiger partial charge in [0.15, 0.2) is 0 Å². The molecule has 1 fully saturated rings. The lowest BCUT2D eigenvalue weighted by molar-refractivity contribution is -0.124. The molecular formula is C9H15NO3. The molecule has 0 spiro atoms. The van der Waals surface area contributed by atoms with Gasteiger partial charge in [-0.1, -0.05) is 0 Å². The van der Waals surface area contributed by atoms with Crippen molar-refractivity contribution in [1.82, 2.24) is 5.32 Å². The van der Waals surface area contributed by atoms with E-state index >= 15 is 0 Å². The normalized spacial score (nSPS) is 34.2. The molecule has 2 N–H and O–H groups in total. The SMILES string of the molecule is CC(=O)C1CC(O)CC(C(C)=O)N1. The average Bonchev–Trinajstić information content (AvgIpc) is 2.03. The molecule has 74 valence electrons. The van der Waals surface area contributed by atoms with Crippen molar-refractivity contribution in [3.8, 4) is 0 Å². The first-order valence-electron chi connectivity index (χ1n) is 4.45. The Hall–Kier alpha value is -0.740. The van der Waals surface area contributed by atoms with Gasteiger partial charge in [0.2, 0.25) is 0 Å². The molecule has 1 rings (SSSR count). The van der Waals surface area contributed by atoms with Crippen LogP contribution in [0.4, 0.5) is 0 Å². The third-order valence-corrected chi connectivity index (χ3v) is 2.40. The minimum Gasteiger partial charge on any atom is -0.393 e. The topological polar surface area (TPSA) is 66.4 Å². The highest BCUT2D eigenvalue weighted by atomic mass is 16.3. The van der Waals surface area contributed by atoms with Crippen LogP contribution >= 0.6 is 0 Å². The fraction of sp³-hybridized carbons (Fsp3) is 0.778. The van der Waals surface area contributed by atoms with Gasteiger partial charge >= 0.3 is 0 Å². The van der Waals surface area contributed by atoms with E-state index in [4.69, 9.17) is 0 Å². The lowest BCUT2D eigenvalue weighted by atomic mass is 9.92. The molecule has 0 saturated carbocycles. The quantitative estimate of drug-likeness (QED) is 0.617. The molecule has 1 aliphatic rings. The molecule has 4 heteroatoms. The minimum atomic E-state index is -0.538. The molecule has 1 saturated heterocycles. The molecule has 1 aliphatic heterocycles. The first-order valence-corrected chi connectivity index (χ1v) is 4.45. The largest absolute Gasteiger partial charge is 0.393 e. The maximum atomic E-state index is 11.0. The molecular weight excluding hydrogens is 170 g/mol. The van der Waals surface area contributed by atoms with E-state index in [0.717, 1.165) is 0 Å². The number of piperidine rings is 1. The van der Waals surface area contributed by atoms with Crippen molar-refractivity contribution in [2.75, 3.05) is 0 Å². The predicted octanol–water partition coefficient (Wildman–Crippen LogP) is -0.354. The number of hydrogen-bond donors (Lipinski definition) is 2. The molecule has 0 amide bonds. The first kappa shape index (κ1) is 10.3. The summed E-state index contributed by atoms with van der Waals surface area (Å²) in [5.74, 6) is -0.0463. The van der Waals surface area contributed by atoms with Gasteiger partial charge in [0.25, 0.3) is 0 Å². The highest BCUT2D eigenvalue weighted by Crippen LogP contribution is 2.14. The van der Waals surface area contributed by atoms with Gasteiger partial charge in [0.05, 0.1) is 18.2 Å². The van der Waals surface area contributed by atoms with Gasteiger partial charge in [-0.3, -0.25) is 14.9 Å². The van der Waals surface area contributed by atoms with Crippen LogP contribution in [0.5, 0.6) is 0 Å². The second-order valence-electron chi connectivity index (χ2n) is 3.62. The average molecular weight is 185 g/mol. The summed E-state index contributed by atoms with van der Waals surface area (Å²) in [6.45, 7) is 2.93. The zero-order valence-corrected chi connectivity index (χ0v) is 7.91. The van der Waals surface area contributed by atoms with Crippen LogP contribution in [0, 0.1) is 0 Å². The Bertz CT molecular complexity index is 205. The molecule has 0 aromatic rings. The smallest absolute Gasteiger partial charge is 0.146 e. The zero-order valence-electron chi connectivity index (χ0n) is 7.91. The van der Waals surface area contributed by atoms with E-state index in [-0.39, 0.29) is 23.7 Å². The van der Waals surface area contributed by atoms with Gasteiger partial charge in [0, 0.05) is 0 Å². The fourth-order valence-electron chi connectivity index (χ4n) is 1.59. The van der Waals surface area contributed by atoms with Crippen molar-refractivity contribution in [3.63, 3.8) is 0 Å². The van der Waals surface area contributed by atoms with E-state index in [9.17, 15) is 14.7 Å². The molecule has 0 bridgehead atoms. The summed E-state index contributed by atoms with van der Waals surface area (Å²) < 4.78 is 0. The van der Waals surface area contributed by atoms with E-state index < -0.39 is 6.10 Å². The zero-order chi connectivity index (χ0) is 10.0. The van der Waals surface area contributed by atoms with Gasteiger partial charge in [0.1, 0.15) is 11.6 Å². The van der Waals surface area contributed by atoms with Gasteiger partial charge < -0.3 is 5.11 Å². The van der Waals surface area contributed by atoms with E-state index in [0.29, 0.717) is 12.8 Å². The minimum absolute atomic E-state index is 0.0231. The van der Waals surface area contributed by atoms with Gasteiger partial charge in [-0.2, -0.15) is 0 Å². The van der Waals surface area contributed by atoms with Crippen molar-refractivity contribution < 1.29 is 14.7 Å². The molecule has 1 heterocycles. The van der Waals surface area contributed by atoms with Crippen LogP contribution in [0.2, 0.25) is 0 Å². The summed E-state index contributed by atoms with van der Waals surface area (Å²) in [7, 11) is 0. The molecule has 4 nitrogen and oxygen atoms in total. The standard InChI is InChI=1S/C9H15NO3/c1-5(11)8-3-7(13)4-9(10-8)6(2)12/h7-10,13H,3-4H2,1-2H3. The number of rotatable bonds is 2. The van der Waals surface area contributed by atoms with Crippen LogP contribution < -0.4 is 5.32 Å². The lowest BCUT2D eigenvalue weighted by Crippen LogP contribution is -2.53. The summed E-state index contributed by atoms with van der Waals surface area (Å²) in [6.07, 6.45) is 0.294. The van der Waals surface area contributed by atoms with Crippen LogP contribution in [0.3, 0.4) is 0 Å². The van der Waals surface area contributed by atoms with Crippen molar-refractivity contribution >= 4 is 11.6 Å². The Morgan fingerprint density at radius 3 is 1.85 bits per heavy atom. The first-order chi connectivity index (χ1) is 6.00. The Morgan fingerprint density at radius 2 is 1.54 bits per heavy atom. The number of hydrogen-bond acceptors (Lipinski definition) is 4. The van der Waals surface area contributed by atoms with Crippen molar-refractivity contribution in [2.24, 2.45) is 0 Å². The molecule has 0 aromatic heterocycles. The van der Waals surface area contributed by atoms with E-state index in [1.807, 2.05) is 0 Å². The van der Waals surface area contributed by atoms with Crippen LogP contribution in [0.25, 0.3) is 0 Å². The van der Waals surface area contributed by atoms with Crippen LogP contribution in [0.1, 0.15) is 26.7 Å². The molecule has 0 aliphatic carbocycles. The monoisotopic (exact) mass is 185 g/mol. The Labute approximate surface area is 77.3 Å². The van der Waals surface area contributed by atoms with Crippen molar-refractivity contribution in [3.05, 3.63) is 0 Å². The van der Waals surface area contributed by atoms with E-state index in [1.54, 1.807) is 0 Å². The third kappa shape index (κ3) is 2.60. The van der Waals surface area contributed by atoms with E-state index in [1.165, 1.54) is 13.8 Å². The highest BCUT2D eigenvalue weighted by Gasteiger charge is 2.31. The number of carbonyl (C=O) groups excluding carboxylic acids is 2. The highest BCUT2D eigenvalue weighted by molar-refractivity contribution is 5.85. The van der Waals surface area contributed by atoms with Crippen LogP contribution in [-0.4, -0.2) is 34.9 Å². The second kappa shape index (κ2) is 3.98. The number of ketones is 2. The number of Topliss-reactive ketones (excluding diaryl/α,β-unsaturated/α-hetero) is 2. The Balaban J connectivity index is 2.62. The molecule has 0 radical (unpaired) electrons. The van der Waals surface area contributed by atoms with E-state index in [2.05, 4.69) is 5.32 Å². The van der Waals surface area contributed by atoms with Crippen LogP contribution in [-0.2, 0) is 9.59 Å². The summed E-state index contributed by atoms with van der Waals surface area (Å²) in [6, 6.07) is -0.727. The van der Waals surface area contributed by atoms with Crippen molar-refractivity contribution in [2.45, 2.75) is 44.9 Å². The van der Waals surface area contributed by atoms with Gasteiger partial charge in [-0.05, 0) is 26.7 Å². The van der Waals surface area contributed by atoms with Gasteiger partial charge in [-0.15, -0.1) is 0 Å². The predicted molar refractivity (Wildman–Crippen MR) is 47.3 cm³/mol. The number of carbonyl (C=O) groups is 2. The molecule has 2 unspecified atom stereocenters. The molecule has 0 aromatic carbocycles. The number of aliphatic hydroxyl groups is 1. The summed E-state index contributed by atoms with van der Waals surface area (Å²) in [5, 5.41) is 12.3. The van der Waals surface area contributed by atoms with Gasteiger partial charge in [-0.25, -0.2) is 0 Å². The van der Waals surface area contributed by atoms with Crippen molar-refractivity contribution in [1.29, 1.82) is 0 Å².